The number of thiazole rings is 1. The third-order valence-corrected chi connectivity index (χ3v) is 8.66. The number of thiophene rings is 1. The lowest BCUT2D eigenvalue weighted by Gasteiger charge is -2.37. The second-order valence-electron chi connectivity index (χ2n) is 8.48. The molecule has 9 heteroatoms. The molecule has 1 fully saturated rings. The van der Waals surface area contributed by atoms with E-state index in [0.717, 1.165) is 68.1 Å². The van der Waals surface area contributed by atoms with Crippen LogP contribution >= 0.6 is 22.7 Å². The minimum atomic E-state index is -0.448. The van der Waals surface area contributed by atoms with Crippen LogP contribution in [-0.2, 0) is 24.2 Å². The van der Waals surface area contributed by atoms with Gasteiger partial charge in [0.2, 0.25) is 5.91 Å². The zero-order valence-electron chi connectivity index (χ0n) is 18.1. The van der Waals surface area contributed by atoms with Gasteiger partial charge in [-0.15, -0.1) is 22.7 Å². The molecular weight excluding hydrogens is 442 g/mol. The van der Waals surface area contributed by atoms with Gasteiger partial charge < -0.3 is 11.1 Å². The van der Waals surface area contributed by atoms with E-state index in [4.69, 9.17) is 10.7 Å². The number of hydrogen-bond acceptors (Lipinski definition) is 7. The number of fused-ring (bicyclic) bond motifs is 2. The highest BCUT2D eigenvalue weighted by atomic mass is 32.1. The minimum absolute atomic E-state index is 0.0768. The van der Waals surface area contributed by atoms with Gasteiger partial charge in [-0.1, -0.05) is 12.1 Å². The van der Waals surface area contributed by atoms with Crippen molar-refractivity contribution in [1.29, 1.82) is 0 Å². The van der Waals surface area contributed by atoms with Gasteiger partial charge in [0.1, 0.15) is 10.0 Å². The largest absolute Gasteiger partial charge is 0.365 e. The molecule has 5 rings (SSSR count). The molecule has 7 nitrogen and oxygen atoms in total. The summed E-state index contributed by atoms with van der Waals surface area (Å²) < 4.78 is 1.22. The Kier molecular flexibility index (Phi) is 5.98. The van der Waals surface area contributed by atoms with Crippen molar-refractivity contribution in [2.24, 2.45) is 5.73 Å². The first-order valence-electron chi connectivity index (χ1n) is 11.1. The van der Waals surface area contributed by atoms with Crippen molar-refractivity contribution in [3.05, 3.63) is 45.3 Å². The molecule has 2 amide bonds. The maximum absolute atomic E-state index is 13.0. The van der Waals surface area contributed by atoms with E-state index >= 15 is 0 Å². The van der Waals surface area contributed by atoms with Gasteiger partial charge in [-0.3, -0.25) is 19.4 Å². The summed E-state index contributed by atoms with van der Waals surface area (Å²) in [5, 5.41) is 4.75. The highest BCUT2D eigenvalue weighted by Crippen LogP contribution is 2.39. The molecule has 1 aliphatic heterocycles. The van der Waals surface area contributed by atoms with Gasteiger partial charge in [0, 0.05) is 31.1 Å². The maximum Gasteiger partial charge on any atom is 0.251 e. The van der Waals surface area contributed by atoms with Gasteiger partial charge in [-0.25, -0.2) is 4.98 Å². The van der Waals surface area contributed by atoms with Crippen LogP contribution in [0, 0.1) is 0 Å². The maximum atomic E-state index is 13.0. The fourth-order valence-electron chi connectivity index (χ4n) is 4.62. The van der Waals surface area contributed by atoms with Crippen molar-refractivity contribution < 1.29 is 9.59 Å². The first-order chi connectivity index (χ1) is 15.5. The zero-order chi connectivity index (χ0) is 22.2. The van der Waals surface area contributed by atoms with Crippen LogP contribution in [-0.4, -0.2) is 58.8 Å². The fraction of sp³-hybridized carbons (Fsp3) is 0.435. The molecule has 2 aliphatic rings. The van der Waals surface area contributed by atoms with E-state index in [1.165, 1.54) is 20.9 Å². The molecule has 1 aromatic carbocycles. The molecule has 0 radical (unpaired) electrons. The highest BCUT2D eigenvalue weighted by Gasteiger charge is 2.30. The third-order valence-electron chi connectivity index (χ3n) is 6.44. The predicted octanol–water partition coefficient (Wildman–Crippen LogP) is 3.09. The second-order valence-corrected chi connectivity index (χ2v) is 10.7. The summed E-state index contributed by atoms with van der Waals surface area (Å²) in [6.45, 7) is 6.22. The summed E-state index contributed by atoms with van der Waals surface area (Å²) in [5.41, 5.74) is 8.24. The summed E-state index contributed by atoms with van der Waals surface area (Å²) in [7, 11) is 0. The number of nitrogens with zero attached hydrogens (tertiary/aromatic N) is 3. The van der Waals surface area contributed by atoms with E-state index in [9.17, 15) is 9.59 Å². The Labute approximate surface area is 195 Å². The number of amides is 2. The van der Waals surface area contributed by atoms with E-state index in [0.29, 0.717) is 10.6 Å². The van der Waals surface area contributed by atoms with Crippen molar-refractivity contribution in [2.45, 2.75) is 38.8 Å². The highest BCUT2D eigenvalue weighted by molar-refractivity contribution is 7.18. The van der Waals surface area contributed by atoms with Crippen molar-refractivity contribution in [3.8, 4) is 0 Å². The van der Waals surface area contributed by atoms with Crippen molar-refractivity contribution >= 4 is 49.7 Å². The number of nitrogens with one attached hydrogen (secondary N) is 1. The number of aromatic nitrogens is 1. The fourth-order valence-corrected chi connectivity index (χ4v) is 6.93. The molecule has 1 saturated heterocycles. The number of anilines is 1. The van der Waals surface area contributed by atoms with E-state index in [-0.39, 0.29) is 11.9 Å². The summed E-state index contributed by atoms with van der Waals surface area (Å²) in [6.07, 6.45) is 2.88. The van der Waals surface area contributed by atoms with Crippen LogP contribution < -0.4 is 11.1 Å². The first-order valence-corrected chi connectivity index (χ1v) is 12.7. The van der Waals surface area contributed by atoms with Gasteiger partial charge in [-0.2, -0.15) is 0 Å². The summed E-state index contributed by atoms with van der Waals surface area (Å²) >= 11 is 3.26. The summed E-state index contributed by atoms with van der Waals surface area (Å²) in [4.78, 5) is 35.5. The number of carbonyl (C=O) groups is 2. The minimum Gasteiger partial charge on any atom is -0.365 e. The zero-order valence-corrected chi connectivity index (χ0v) is 19.7. The van der Waals surface area contributed by atoms with Crippen molar-refractivity contribution in [1.82, 2.24) is 14.8 Å². The topological polar surface area (TPSA) is 91.6 Å². The lowest BCUT2D eigenvalue weighted by atomic mass is 10.1. The van der Waals surface area contributed by atoms with Gasteiger partial charge in [0.15, 0.2) is 0 Å². The molecule has 2 aromatic heterocycles. The molecule has 0 saturated carbocycles. The summed E-state index contributed by atoms with van der Waals surface area (Å²) in [6, 6.07) is 7.97. The van der Waals surface area contributed by atoms with Gasteiger partial charge in [0.25, 0.3) is 5.91 Å². The normalized spacial score (nSPS) is 18.0. The monoisotopic (exact) mass is 469 g/mol. The van der Waals surface area contributed by atoms with E-state index in [1.807, 2.05) is 19.1 Å². The lowest BCUT2D eigenvalue weighted by Crippen LogP contribution is -2.52. The van der Waals surface area contributed by atoms with E-state index in [2.05, 4.69) is 27.2 Å². The standard InChI is InChI=1S/C23H27N5O2S2/c1-14(22(30)26-23-20(21(24)29)15-5-4-8-17(15)32-23)28-11-9-27(10-12-28)13-19-25-16-6-2-3-7-18(16)31-19/h2-3,6-7,14H,4-5,8-13H2,1H3,(H2,24,29)(H,26,30)/t14-/m1/s1. The van der Waals surface area contributed by atoms with Crippen LogP contribution in [0.3, 0.4) is 0 Å². The number of para-hydroxylation sites is 1. The van der Waals surface area contributed by atoms with Crippen molar-refractivity contribution in [3.63, 3.8) is 0 Å². The Hall–Kier alpha value is -2.33. The Morgan fingerprint density at radius 3 is 2.69 bits per heavy atom. The number of primary amides is 1. The molecular formula is C23H27N5O2S2. The Bertz CT molecular complexity index is 1130. The third kappa shape index (κ3) is 4.17. The number of piperazine rings is 1. The predicted molar refractivity (Wildman–Crippen MR) is 129 cm³/mol. The van der Waals surface area contributed by atoms with Crippen LogP contribution in [0.4, 0.5) is 5.00 Å². The summed E-state index contributed by atoms with van der Waals surface area (Å²) in [5.74, 6) is -0.525. The Balaban J connectivity index is 1.18. The van der Waals surface area contributed by atoms with E-state index < -0.39 is 5.91 Å². The Morgan fingerprint density at radius 1 is 1.16 bits per heavy atom. The molecule has 3 N–H and O–H groups in total. The number of aryl methyl sites for hydroxylation is 1. The first kappa shape index (κ1) is 21.5. The van der Waals surface area contributed by atoms with Crippen LogP contribution in [0.15, 0.2) is 24.3 Å². The molecule has 168 valence electrons. The molecule has 3 heterocycles. The Morgan fingerprint density at radius 2 is 1.94 bits per heavy atom. The lowest BCUT2D eigenvalue weighted by molar-refractivity contribution is -0.121. The smallest absolute Gasteiger partial charge is 0.251 e. The molecule has 1 atom stereocenters. The number of carbonyl (C=O) groups excluding carboxylic acids is 2. The second kappa shape index (κ2) is 8.90. The molecule has 1 aliphatic carbocycles. The van der Waals surface area contributed by atoms with Gasteiger partial charge >= 0.3 is 0 Å². The molecule has 3 aromatic rings. The quantitative estimate of drug-likeness (QED) is 0.579. The number of nitrogens with two attached hydrogens (primary N) is 1. The number of benzene rings is 1. The molecule has 0 unspecified atom stereocenters. The SMILES string of the molecule is C[C@H](C(=O)Nc1sc2c(c1C(N)=O)CCC2)N1CCN(Cc2nc3ccccc3s2)CC1. The average Bonchev–Trinajstić information content (AvgIpc) is 3.47. The number of rotatable bonds is 6. The van der Waals surface area contributed by atoms with Crippen LogP contribution in [0.2, 0.25) is 0 Å². The van der Waals surface area contributed by atoms with Crippen molar-refractivity contribution in [2.75, 3.05) is 31.5 Å². The van der Waals surface area contributed by atoms with Crippen LogP contribution in [0.5, 0.6) is 0 Å². The molecule has 0 bridgehead atoms. The molecule has 32 heavy (non-hydrogen) atoms. The average molecular weight is 470 g/mol. The van der Waals surface area contributed by atoms with Gasteiger partial charge in [0.05, 0.1) is 28.4 Å². The van der Waals surface area contributed by atoms with Gasteiger partial charge in [-0.05, 0) is 43.9 Å². The molecule has 0 spiro atoms. The van der Waals surface area contributed by atoms with Crippen LogP contribution in [0.25, 0.3) is 10.2 Å². The number of hydrogen-bond donors (Lipinski definition) is 2. The van der Waals surface area contributed by atoms with E-state index in [1.54, 1.807) is 11.3 Å². The van der Waals surface area contributed by atoms with Crippen LogP contribution in [0.1, 0.15) is 39.2 Å².